The first-order chi connectivity index (χ1) is 9.93. The molecule has 22 heavy (non-hydrogen) atoms. The quantitative estimate of drug-likeness (QED) is 0.690. The third-order valence-corrected chi connectivity index (χ3v) is 3.54. The fraction of sp³-hybridized carbons (Fsp3) is 0.250. The molecule has 1 radical (unpaired) electrons. The van der Waals surface area contributed by atoms with Gasteiger partial charge in [0.05, 0.1) is 13.7 Å². The van der Waals surface area contributed by atoms with Gasteiger partial charge >= 0.3 is 0 Å². The van der Waals surface area contributed by atoms with E-state index in [0.717, 1.165) is 5.57 Å². The molecule has 1 aromatic rings. The Balaban J connectivity index is 0.00000242. The normalized spacial score (nSPS) is 14.5. The Morgan fingerprint density at radius 3 is 2.64 bits per heavy atom. The Kier molecular flexibility index (Phi) is 7.24. The van der Waals surface area contributed by atoms with Gasteiger partial charge in [-0.15, -0.1) is 11.6 Å². The molecule has 0 atom stereocenters. The Morgan fingerprint density at radius 2 is 2.09 bits per heavy atom. The minimum atomic E-state index is -2.48. The van der Waals surface area contributed by atoms with E-state index in [1.165, 1.54) is 12.0 Å². The van der Waals surface area contributed by atoms with Gasteiger partial charge in [0.25, 0.3) is 6.43 Å². The molecule has 0 aromatic heterocycles. The topological polar surface area (TPSA) is 12.5 Å². The smallest absolute Gasteiger partial charge is 0.256 e. The fourth-order valence-corrected chi connectivity index (χ4v) is 2.32. The van der Waals surface area contributed by atoms with Crippen LogP contribution in [0.1, 0.15) is 12.5 Å². The monoisotopic (exact) mass is 399 g/mol. The van der Waals surface area contributed by atoms with Crippen molar-refractivity contribution < 1.29 is 46.2 Å². The van der Waals surface area contributed by atoms with Crippen LogP contribution in [0.15, 0.2) is 42.1 Å². The SMILES string of the molecule is C=C1C(C)=C[C-]=C(c2ccc(OC)cc2Cl)N1CC(F)F.[Y]. The number of benzene rings is 1. The predicted molar refractivity (Wildman–Crippen MR) is 80.3 cm³/mol. The summed E-state index contributed by atoms with van der Waals surface area (Å²) < 4.78 is 30.8. The van der Waals surface area contributed by atoms with Gasteiger partial charge in [-0.05, 0) is 22.9 Å². The summed E-state index contributed by atoms with van der Waals surface area (Å²) in [6.45, 7) is 5.22. The summed E-state index contributed by atoms with van der Waals surface area (Å²) in [4.78, 5) is 1.44. The number of rotatable bonds is 4. The second-order valence-electron chi connectivity index (χ2n) is 4.61. The van der Waals surface area contributed by atoms with Crippen LogP contribution >= 0.6 is 11.6 Å². The molecule has 1 heterocycles. The van der Waals surface area contributed by atoms with E-state index in [-0.39, 0.29) is 32.7 Å². The van der Waals surface area contributed by atoms with Crippen LogP contribution in [0.5, 0.6) is 5.75 Å². The van der Waals surface area contributed by atoms with Crippen molar-refractivity contribution in [3.05, 3.63) is 58.8 Å². The molecule has 0 bridgehead atoms. The molecular formula is C16H15ClF2NOY-. The Labute approximate surface area is 159 Å². The molecule has 115 valence electrons. The Bertz CT molecular complexity index is 629. The minimum Gasteiger partial charge on any atom is -0.497 e. The maximum absolute atomic E-state index is 12.8. The van der Waals surface area contributed by atoms with Gasteiger partial charge in [0.2, 0.25) is 0 Å². The van der Waals surface area contributed by atoms with Crippen molar-refractivity contribution in [3.8, 4) is 5.75 Å². The molecule has 0 amide bonds. The molecule has 0 aliphatic carbocycles. The van der Waals surface area contributed by atoms with Crippen molar-refractivity contribution >= 4 is 17.3 Å². The number of allylic oxidation sites excluding steroid dienone is 3. The van der Waals surface area contributed by atoms with Crippen LogP contribution in [0.25, 0.3) is 5.70 Å². The van der Waals surface area contributed by atoms with Crippen molar-refractivity contribution in [1.82, 2.24) is 4.90 Å². The van der Waals surface area contributed by atoms with Crippen LogP contribution in [-0.4, -0.2) is 25.0 Å². The zero-order chi connectivity index (χ0) is 15.6. The first-order valence-corrected chi connectivity index (χ1v) is 6.71. The van der Waals surface area contributed by atoms with E-state index in [2.05, 4.69) is 12.7 Å². The Morgan fingerprint density at radius 1 is 1.41 bits per heavy atom. The van der Waals surface area contributed by atoms with Crippen molar-refractivity contribution in [3.63, 3.8) is 0 Å². The molecule has 0 saturated carbocycles. The summed E-state index contributed by atoms with van der Waals surface area (Å²) in [5.41, 5.74) is 2.42. The van der Waals surface area contributed by atoms with E-state index in [0.29, 0.717) is 27.7 Å². The molecule has 1 aliphatic rings. The van der Waals surface area contributed by atoms with Gasteiger partial charge in [0.15, 0.2) is 0 Å². The van der Waals surface area contributed by atoms with E-state index >= 15 is 0 Å². The van der Waals surface area contributed by atoms with Crippen LogP contribution in [0.3, 0.4) is 0 Å². The largest absolute Gasteiger partial charge is 0.497 e. The van der Waals surface area contributed by atoms with Crippen molar-refractivity contribution in [2.24, 2.45) is 0 Å². The van der Waals surface area contributed by atoms with E-state index in [1.54, 1.807) is 31.2 Å². The number of alkyl halides is 2. The molecule has 0 saturated heterocycles. The second kappa shape index (κ2) is 8.23. The summed E-state index contributed by atoms with van der Waals surface area (Å²) in [7, 11) is 1.54. The van der Waals surface area contributed by atoms with E-state index in [1.807, 2.05) is 0 Å². The number of nitrogens with zero attached hydrogens (tertiary/aromatic N) is 1. The molecular weight excluding hydrogens is 385 g/mol. The summed E-state index contributed by atoms with van der Waals surface area (Å²) in [5.74, 6) is 0.603. The average molecular weight is 400 g/mol. The number of hydrogen-bond donors (Lipinski definition) is 0. The molecule has 2 nitrogen and oxygen atoms in total. The zero-order valence-corrected chi connectivity index (χ0v) is 16.0. The predicted octanol–water partition coefficient (Wildman–Crippen LogP) is 4.53. The fourth-order valence-electron chi connectivity index (χ4n) is 2.06. The van der Waals surface area contributed by atoms with E-state index in [4.69, 9.17) is 16.3 Å². The minimum absolute atomic E-state index is 0. The second-order valence-corrected chi connectivity index (χ2v) is 5.02. The average Bonchev–Trinajstić information content (AvgIpc) is 2.44. The van der Waals surface area contributed by atoms with E-state index < -0.39 is 13.0 Å². The van der Waals surface area contributed by atoms with Crippen molar-refractivity contribution in [2.45, 2.75) is 13.3 Å². The molecule has 0 N–H and O–H groups in total. The van der Waals surface area contributed by atoms with Gasteiger partial charge in [-0.3, -0.25) is 0 Å². The van der Waals surface area contributed by atoms with E-state index in [9.17, 15) is 8.78 Å². The van der Waals surface area contributed by atoms with Gasteiger partial charge in [0.1, 0.15) is 5.75 Å². The summed E-state index contributed by atoms with van der Waals surface area (Å²) in [5, 5.41) is 0.414. The molecule has 2 rings (SSSR count). The Hall–Kier alpha value is -0.706. The number of ether oxygens (including phenoxy) is 1. The maximum atomic E-state index is 12.8. The van der Waals surface area contributed by atoms with Crippen LogP contribution in [0, 0.1) is 6.08 Å². The molecule has 0 fully saturated rings. The van der Waals surface area contributed by atoms with Gasteiger partial charge in [-0.2, -0.15) is 12.2 Å². The zero-order valence-electron chi connectivity index (χ0n) is 12.4. The van der Waals surface area contributed by atoms with Gasteiger partial charge in [0, 0.05) is 32.7 Å². The summed E-state index contributed by atoms with van der Waals surface area (Å²) in [6.07, 6.45) is 2.25. The van der Waals surface area contributed by atoms with Crippen molar-refractivity contribution in [1.29, 1.82) is 0 Å². The molecule has 1 aromatic carbocycles. The van der Waals surface area contributed by atoms with Crippen LogP contribution in [0.2, 0.25) is 5.02 Å². The number of methoxy groups -OCH3 is 1. The molecule has 0 unspecified atom stereocenters. The summed E-state index contributed by atoms with van der Waals surface area (Å²) >= 11 is 6.22. The third kappa shape index (κ3) is 4.18. The molecule has 0 spiro atoms. The standard InChI is InChI=1S/C16H15ClF2NO.Y/c1-10-4-7-15(20(11(10)2)9-16(18)19)13-6-5-12(21-3)8-14(13)17;/h4-6,8,16H,2,9H2,1,3H3;/q-1;. The maximum Gasteiger partial charge on any atom is 0.256 e. The molecule has 1 aliphatic heterocycles. The number of hydrogen-bond acceptors (Lipinski definition) is 2. The first-order valence-electron chi connectivity index (χ1n) is 6.33. The summed E-state index contributed by atoms with van der Waals surface area (Å²) in [6, 6.07) is 5.09. The van der Waals surface area contributed by atoms with Gasteiger partial charge in [-0.1, -0.05) is 36.4 Å². The van der Waals surface area contributed by atoms with Crippen LogP contribution < -0.4 is 4.74 Å². The van der Waals surface area contributed by atoms with Gasteiger partial charge in [-0.25, -0.2) is 8.78 Å². The van der Waals surface area contributed by atoms with Crippen molar-refractivity contribution in [2.75, 3.05) is 13.7 Å². The van der Waals surface area contributed by atoms with Crippen LogP contribution in [0.4, 0.5) is 8.78 Å². The first kappa shape index (κ1) is 19.3. The number of halogens is 3. The third-order valence-electron chi connectivity index (χ3n) is 3.23. The molecule has 6 heteroatoms. The van der Waals surface area contributed by atoms with Crippen LogP contribution in [-0.2, 0) is 32.7 Å². The van der Waals surface area contributed by atoms with Gasteiger partial charge < -0.3 is 9.64 Å².